The summed E-state index contributed by atoms with van der Waals surface area (Å²) >= 11 is 0. The van der Waals surface area contributed by atoms with Gasteiger partial charge in [0.05, 0.1) is 6.04 Å². The maximum absolute atomic E-state index is 13.7. The summed E-state index contributed by atoms with van der Waals surface area (Å²) in [5.74, 6) is -0.836. The minimum atomic E-state index is -0.633. The third-order valence-electron chi connectivity index (χ3n) is 3.03. The Morgan fingerprint density at radius 1 is 1.41 bits per heavy atom. The highest BCUT2D eigenvalue weighted by molar-refractivity contribution is 5.78. The summed E-state index contributed by atoms with van der Waals surface area (Å²) in [7, 11) is 0. The van der Waals surface area contributed by atoms with Crippen LogP contribution in [0.1, 0.15) is 30.7 Å². The number of ether oxygens (including phenoxy) is 1. The number of carbonyl (C=O) groups is 1. The molecule has 0 saturated carbocycles. The molecule has 0 bridgehead atoms. The van der Waals surface area contributed by atoms with Crippen molar-refractivity contribution >= 4 is 5.91 Å². The van der Waals surface area contributed by atoms with Crippen molar-refractivity contribution in [3.8, 4) is 5.88 Å². The number of halogens is 2. The molecule has 0 aliphatic carbocycles. The van der Waals surface area contributed by atoms with Gasteiger partial charge < -0.3 is 14.6 Å². The molecule has 22 heavy (non-hydrogen) atoms. The van der Waals surface area contributed by atoms with Gasteiger partial charge in [0.25, 0.3) is 11.8 Å². The molecule has 1 atom stereocenters. The van der Waals surface area contributed by atoms with Gasteiger partial charge in [0.1, 0.15) is 17.4 Å². The smallest absolute Gasteiger partial charge is 0.258 e. The molecule has 0 saturated heterocycles. The van der Waals surface area contributed by atoms with E-state index in [1.165, 1.54) is 6.07 Å². The van der Waals surface area contributed by atoms with Crippen molar-refractivity contribution in [2.24, 2.45) is 0 Å². The number of rotatable bonds is 6. The molecule has 1 N–H and O–H groups in total. The van der Waals surface area contributed by atoms with Gasteiger partial charge in [0, 0.05) is 11.6 Å². The van der Waals surface area contributed by atoms with Gasteiger partial charge in [-0.1, -0.05) is 6.92 Å². The molecule has 1 aromatic heterocycles. The Hall–Kier alpha value is -2.44. The van der Waals surface area contributed by atoms with E-state index in [-0.39, 0.29) is 18.1 Å². The first-order valence-electron chi connectivity index (χ1n) is 6.80. The monoisotopic (exact) mass is 310 g/mol. The van der Waals surface area contributed by atoms with Crippen molar-refractivity contribution in [3.63, 3.8) is 0 Å². The Kier molecular flexibility index (Phi) is 5.08. The summed E-state index contributed by atoms with van der Waals surface area (Å²) in [5, 5.41) is 6.18. The summed E-state index contributed by atoms with van der Waals surface area (Å²) in [6.45, 7) is 3.16. The van der Waals surface area contributed by atoms with E-state index in [4.69, 9.17) is 9.26 Å². The van der Waals surface area contributed by atoms with E-state index >= 15 is 0 Å². The average Bonchev–Trinajstić information content (AvgIpc) is 2.91. The molecule has 1 heterocycles. The van der Waals surface area contributed by atoms with Crippen LogP contribution in [-0.4, -0.2) is 17.7 Å². The van der Waals surface area contributed by atoms with Gasteiger partial charge in [0.15, 0.2) is 6.61 Å². The van der Waals surface area contributed by atoms with Gasteiger partial charge in [-0.25, -0.2) is 8.78 Å². The molecule has 0 aliphatic rings. The Balaban J connectivity index is 1.97. The van der Waals surface area contributed by atoms with Crippen molar-refractivity contribution in [3.05, 3.63) is 47.2 Å². The number of aryl methyl sites for hydroxylation is 1. The van der Waals surface area contributed by atoms with Crippen molar-refractivity contribution in [1.29, 1.82) is 0 Å². The number of aromatic nitrogens is 1. The number of nitrogens with zero attached hydrogens (tertiary/aromatic N) is 1. The lowest BCUT2D eigenvalue weighted by molar-refractivity contribution is -0.124. The number of benzene rings is 1. The molecule has 1 aromatic carbocycles. The molecule has 7 heteroatoms. The first-order valence-corrected chi connectivity index (χ1v) is 6.80. The number of carbonyl (C=O) groups excluding carboxylic acids is 1. The van der Waals surface area contributed by atoms with Crippen LogP contribution in [0.3, 0.4) is 0 Å². The maximum Gasteiger partial charge on any atom is 0.258 e. The first kappa shape index (κ1) is 15.9. The lowest BCUT2D eigenvalue weighted by Gasteiger charge is -2.18. The van der Waals surface area contributed by atoms with Gasteiger partial charge >= 0.3 is 0 Å². The Labute approximate surface area is 126 Å². The number of hydrogen-bond acceptors (Lipinski definition) is 4. The fraction of sp³-hybridized carbons (Fsp3) is 0.333. The molecule has 0 fully saturated rings. The van der Waals surface area contributed by atoms with Crippen molar-refractivity contribution in [2.45, 2.75) is 26.3 Å². The normalized spacial score (nSPS) is 12.0. The highest BCUT2D eigenvalue weighted by atomic mass is 19.1. The van der Waals surface area contributed by atoms with Crippen molar-refractivity contribution in [2.75, 3.05) is 6.61 Å². The van der Waals surface area contributed by atoms with Crippen LogP contribution >= 0.6 is 0 Å². The van der Waals surface area contributed by atoms with Gasteiger partial charge in [-0.05, 0) is 36.7 Å². The third kappa shape index (κ3) is 4.03. The second-order valence-corrected chi connectivity index (χ2v) is 4.76. The topological polar surface area (TPSA) is 64.4 Å². The van der Waals surface area contributed by atoms with Crippen LogP contribution in [0.4, 0.5) is 8.78 Å². The van der Waals surface area contributed by atoms with Crippen molar-refractivity contribution < 1.29 is 22.8 Å². The lowest BCUT2D eigenvalue weighted by atomic mass is 10.0. The third-order valence-corrected chi connectivity index (χ3v) is 3.03. The summed E-state index contributed by atoms with van der Waals surface area (Å²) in [5.41, 5.74) is 0.105. The second-order valence-electron chi connectivity index (χ2n) is 4.76. The van der Waals surface area contributed by atoms with Crippen LogP contribution in [0.2, 0.25) is 0 Å². The van der Waals surface area contributed by atoms with Crippen LogP contribution < -0.4 is 10.1 Å². The minimum Gasteiger partial charge on any atom is -0.465 e. The Bertz CT molecular complexity index is 658. The number of amides is 1. The summed E-state index contributed by atoms with van der Waals surface area (Å²) in [6.07, 6.45) is 0.412. The predicted molar refractivity (Wildman–Crippen MR) is 74.3 cm³/mol. The van der Waals surface area contributed by atoms with Crippen molar-refractivity contribution in [1.82, 2.24) is 10.5 Å². The molecular weight excluding hydrogens is 294 g/mol. The predicted octanol–water partition coefficient (Wildman–Crippen LogP) is 2.91. The van der Waals surface area contributed by atoms with E-state index in [0.29, 0.717) is 12.2 Å². The first-order chi connectivity index (χ1) is 10.5. The zero-order chi connectivity index (χ0) is 16.1. The van der Waals surface area contributed by atoms with Crippen LogP contribution in [0.15, 0.2) is 28.8 Å². The fourth-order valence-electron chi connectivity index (χ4n) is 1.97. The van der Waals surface area contributed by atoms with E-state index in [1.807, 2.05) is 0 Å². The highest BCUT2D eigenvalue weighted by Crippen LogP contribution is 2.21. The fourth-order valence-corrected chi connectivity index (χ4v) is 1.97. The van der Waals surface area contributed by atoms with E-state index in [2.05, 4.69) is 10.5 Å². The molecule has 5 nitrogen and oxygen atoms in total. The molecule has 0 spiro atoms. The molecule has 2 aromatic rings. The van der Waals surface area contributed by atoms with Gasteiger partial charge in [-0.15, -0.1) is 0 Å². The standard InChI is InChI=1S/C15H16F2N2O3/c1-3-13(11-7-10(16)4-5-12(11)17)18-14(20)8-21-15-6-9(2)22-19-15/h4-7,13H,3,8H2,1-2H3,(H,18,20)/t13-/m1/s1. The molecule has 0 radical (unpaired) electrons. The van der Waals surface area contributed by atoms with Crippen LogP contribution in [-0.2, 0) is 4.79 Å². The Morgan fingerprint density at radius 3 is 2.82 bits per heavy atom. The quantitative estimate of drug-likeness (QED) is 0.891. The second kappa shape index (κ2) is 7.02. The molecule has 118 valence electrons. The Morgan fingerprint density at radius 2 is 2.18 bits per heavy atom. The van der Waals surface area contributed by atoms with Crippen LogP contribution in [0.25, 0.3) is 0 Å². The van der Waals surface area contributed by atoms with Crippen LogP contribution in [0, 0.1) is 18.6 Å². The lowest BCUT2D eigenvalue weighted by Crippen LogP contribution is -2.33. The van der Waals surface area contributed by atoms with E-state index in [1.54, 1.807) is 13.8 Å². The molecule has 2 rings (SSSR count). The molecule has 0 unspecified atom stereocenters. The summed E-state index contributed by atoms with van der Waals surface area (Å²) in [4.78, 5) is 11.9. The zero-order valence-electron chi connectivity index (χ0n) is 12.2. The van der Waals surface area contributed by atoms with Gasteiger partial charge in [-0.3, -0.25) is 4.79 Å². The van der Waals surface area contributed by atoms with E-state index < -0.39 is 23.6 Å². The SMILES string of the molecule is CC[C@@H](NC(=O)COc1cc(C)on1)c1cc(F)ccc1F. The van der Waals surface area contributed by atoms with Gasteiger partial charge in [-0.2, -0.15) is 0 Å². The van der Waals surface area contributed by atoms with Crippen LogP contribution in [0.5, 0.6) is 5.88 Å². The summed E-state index contributed by atoms with van der Waals surface area (Å²) in [6, 6.07) is 4.05. The highest BCUT2D eigenvalue weighted by Gasteiger charge is 2.18. The number of nitrogens with one attached hydrogen (secondary N) is 1. The molecular formula is C15H16F2N2O3. The van der Waals surface area contributed by atoms with E-state index in [0.717, 1.165) is 18.2 Å². The molecule has 0 aliphatic heterocycles. The molecule has 1 amide bonds. The maximum atomic E-state index is 13.7. The average molecular weight is 310 g/mol. The van der Waals surface area contributed by atoms with E-state index in [9.17, 15) is 13.6 Å². The zero-order valence-corrected chi connectivity index (χ0v) is 12.2. The van der Waals surface area contributed by atoms with Gasteiger partial charge in [0.2, 0.25) is 0 Å². The largest absolute Gasteiger partial charge is 0.465 e. The summed E-state index contributed by atoms with van der Waals surface area (Å²) < 4.78 is 36.9. The number of hydrogen-bond donors (Lipinski definition) is 1. The minimum absolute atomic E-state index is 0.105.